The zero-order valence-electron chi connectivity index (χ0n) is 12.5. The van der Waals surface area contributed by atoms with Crippen molar-refractivity contribution in [2.24, 2.45) is 0 Å². The summed E-state index contributed by atoms with van der Waals surface area (Å²) >= 11 is 9.43. The van der Waals surface area contributed by atoms with E-state index in [-0.39, 0.29) is 11.7 Å². The van der Waals surface area contributed by atoms with E-state index < -0.39 is 0 Å². The zero-order valence-corrected chi connectivity index (χ0v) is 14.8. The molecule has 3 heterocycles. The van der Waals surface area contributed by atoms with Crippen molar-refractivity contribution in [3.8, 4) is 11.5 Å². The first-order valence-electron chi connectivity index (χ1n) is 7.17. The molecule has 0 saturated heterocycles. The van der Waals surface area contributed by atoms with Crippen LogP contribution in [0.2, 0.25) is 5.02 Å². The number of rotatable bonds is 3. The Morgan fingerprint density at radius 1 is 1.16 bits per heavy atom. The van der Waals surface area contributed by atoms with E-state index >= 15 is 0 Å². The lowest BCUT2D eigenvalue weighted by atomic mass is 10.2. The third kappa shape index (κ3) is 3.16. The molecule has 0 aliphatic rings. The van der Waals surface area contributed by atoms with Gasteiger partial charge in [-0.15, -0.1) is 0 Å². The van der Waals surface area contributed by atoms with Crippen LogP contribution in [0.4, 0.5) is 5.69 Å². The molecular weight excluding hydrogens is 410 g/mol. The number of furan rings is 1. The van der Waals surface area contributed by atoms with Crippen molar-refractivity contribution < 1.29 is 13.6 Å². The largest absolute Gasteiger partial charge is 0.444 e. The SMILES string of the molecule is O=C(Nc1ccc(Cl)c(-c2nc3cnccc3o2)c1)c1ccc(Br)o1. The number of fused-ring (bicyclic) bond motifs is 1. The maximum absolute atomic E-state index is 12.2. The van der Waals surface area contributed by atoms with Gasteiger partial charge in [-0.2, -0.15) is 0 Å². The van der Waals surface area contributed by atoms with Gasteiger partial charge in [0.1, 0.15) is 5.52 Å². The van der Waals surface area contributed by atoms with Crippen LogP contribution in [-0.2, 0) is 0 Å². The van der Waals surface area contributed by atoms with Gasteiger partial charge >= 0.3 is 0 Å². The summed E-state index contributed by atoms with van der Waals surface area (Å²) in [4.78, 5) is 20.6. The molecule has 0 spiro atoms. The number of oxazole rings is 1. The van der Waals surface area contributed by atoms with Gasteiger partial charge in [-0.1, -0.05) is 11.6 Å². The molecule has 4 aromatic rings. The highest BCUT2D eigenvalue weighted by molar-refractivity contribution is 9.10. The first-order chi connectivity index (χ1) is 12.1. The van der Waals surface area contributed by atoms with Crippen molar-refractivity contribution in [3.63, 3.8) is 0 Å². The summed E-state index contributed by atoms with van der Waals surface area (Å²) in [5, 5.41) is 3.21. The fourth-order valence-corrected chi connectivity index (χ4v) is 2.80. The lowest BCUT2D eigenvalue weighted by Gasteiger charge is -2.06. The normalized spacial score (nSPS) is 11.0. The van der Waals surface area contributed by atoms with Gasteiger partial charge in [-0.05, 0) is 46.3 Å². The minimum atomic E-state index is -0.374. The molecule has 0 radical (unpaired) electrons. The molecule has 0 saturated carbocycles. The topological polar surface area (TPSA) is 81.2 Å². The first kappa shape index (κ1) is 15.9. The number of amides is 1. The Kier molecular flexibility index (Phi) is 4.03. The second-order valence-electron chi connectivity index (χ2n) is 5.11. The molecule has 0 unspecified atom stereocenters. The number of pyridine rings is 1. The van der Waals surface area contributed by atoms with Crippen molar-refractivity contribution in [1.29, 1.82) is 0 Å². The van der Waals surface area contributed by atoms with Crippen molar-refractivity contribution >= 4 is 50.2 Å². The van der Waals surface area contributed by atoms with Crippen molar-refractivity contribution in [2.45, 2.75) is 0 Å². The number of benzene rings is 1. The summed E-state index contributed by atoms with van der Waals surface area (Å²) in [5.41, 5.74) is 2.34. The van der Waals surface area contributed by atoms with E-state index in [1.165, 1.54) is 0 Å². The van der Waals surface area contributed by atoms with Crippen molar-refractivity contribution in [1.82, 2.24) is 9.97 Å². The molecule has 0 aliphatic carbocycles. The number of anilines is 1. The van der Waals surface area contributed by atoms with Crippen LogP contribution in [0, 0.1) is 0 Å². The van der Waals surface area contributed by atoms with Gasteiger partial charge in [0.15, 0.2) is 16.0 Å². The fraction of sp³-hybridized carbons (Fsp3) is 0. The number of hydrogen-bond donors (Lipinski definition) is 1. The minimum absolute atomic E-state index is 0.191. The van der Waals surface area contributed by atoms with Crippen LogP contribution in [0.3, 0.4) is 0 Å². The standard InChI is InChI=1S/C17H9BrClN3O3/c18-15-4-3-14(24-15)16(23)21-9-1-2-11(19)10(7-9)17-22-12-8-20-6-5-13(12)25-17/h1-8H,(H,21,23). The van der Waals surface area contributed by atoms with Crippen LogP contribution in [-0.4, -0.2) is 15.9 Å². The predicted octanol–water partition coefficient (Wildman–Crippen LogP) is 5.15. The number of halogens is 2. The smallest absolute Gasteiger partial charge is 0.291 e. The third-order valence-corrected chi connectivity index (χ3v) is 4.20. The minimum Gasteiger partial charge on any atom is -0.444 e. The highest BCUT2D eigenvalue weighted by Crippen LogP contribution is 2.32. The van der Waals surface area contributed by atoms with Gasteiger partial charge in [0.25, 0.3) is 5.91 Å². The van der Waals surface area contributed by atoms with E-state index in [4.69, 9.17) is 20.4 Å². The third-order valence-electron chi connectivity index (χ3n) is 3.44. The van der Waals surface area contributed by atoms with Crippen LogP contribution in [0.15, 0.2) is 62.3 Å². The Morgan fingerprint density at radius 2 is 2.04 bits per heavy atom. The van der Waals surface area contributed by atoms with Gasteiger partial charge in [-0.25, -0.2) is 4.98 Å². The second kappa shape index (κ2) is 6.34. The first-order valence-corrected chi connectivity index (χ1v) is 8.34. The monoisotopic (exact) mass is 417 g/mol. The average molecular weight is 419 g/mol. The molecular formula is C17H9BrClN3O3. The Bertz CT molecular complexity index is 1060. The van der Waals surface area contributed by atoms with Gasteiger partial charge in [0.2, 0.25) is 5.89 Å². The van der Waals surface area contributed by atoms with E-state index in [1.807, 2.05) is 0 Å². The number of nitrogens with zero attached hydrogens (tertiary/aromatic N) is 2. The Morgan fingerprint density at radius 3 is 2.80 bits per heavy atom. The number of hydrogen-bond acceptors (Lipinski definition) is 5. The molecule has 1 N–H and O–H groups in total. The van der Waals surface area contributed by atoms with E-state index in [1.54, 1.807) is 48.8 Å². The average Bonchev–Trinajstić information content (AvgIpc) is 3.22. The van der Waals surface area contributed by atoms with E-state index in [0.29, 0.717) is 37.9 Å². The quantitative estimate of drug-likeness (QED) is 0.497. The van der Waals surface area contributed by atoms with Crippen molar-refractivity contribution in [3.05, 3.63) is 64.2 Å². The molecule has 0 fully saturated rings. The highest BCUT2D eigenvalue weighted by Gasteiger charge is 2.15. The second-order valence-corrected chi connectivity index (χ2v) is 6.30. The molecule has 0 aliphatic heterocycles. The molecule has 0 bridgehead atoms. The van der Waals surface area contributed by atoms with E-state index in [0.717, 1.165) is 0 Å². The molecule has 124 valence electrons. The predicted molar refractivity (Wildman–Crippen MR) is 96.6 cm³/mol. The van der Waals surface area contributed by atoms with Crippen LogP contribution in [0.1, 0.15) is 10.6 Å². The lowest BCUT2D eigenvalue weighted by Crippen LogP contribution is -2.10. The number of nitrogens with one attached hydrogen (secondary N) is 1. The molecule has 4 rings (SSSR count). The summed E-state index contributed by atoms with van der Waals surface area (Å²) in [5.74, 6) is 0.168. The maximum Gasteiger partial charge on any atom is 0.291 e. The van der Waals surface area contributed by atoms with Crippen molar-refractivity contribution in [2.75, 3.05) is 5.32 Å². The summed E-state index contributed by atoms with van der Waals surface area (Å²) in [6.07, 6.45) is 3.23. The van der Waals surface area contributed by atoms with E-state index in [9.17, 15) is 4.79 Å². The van der Waals surface area contributed by atoms with Gasteiger partial charge in [0, 0.05) is 18.0 Å². The summed E-state index contributed by atoms with van der Waals surface area (Å²) in [6, 6.07) is 9.98. The molecule has 3 aromatic heterocycles. The Labute approximate surface area is 155 Å². The molecule has 1 amide bonds. The van der Waals surface area contributed by atoms with Crippen LogP contribution in [0.5, 0.6) is 0 Å². The summed E-state index contributed by atoms with van der Waals surface area (Å²) < 4.78 is 11.4. The summed E-state index contributed by atoms with van der Waals surface area (Å²) in [7, 11) is 0. The molecule has 0 atom stereocenters. The van der Waals surface area contributed by atoms with Crippen LogP contribution < -0.4 is 5.32 Å². The fourth-order valence-electron chi connectivity index (χ4n) is 2.29. The Balaban J connectivity index is 1.67. The molecule has 8 heteroatoms. The van der Waals surface area contributed by atoms with E-state index in [2.05, 4.69) is 31.2 Å². The van der Waals surface area contributed by atoms with Crippen LogP contribution >= 0.6 is 27.5 Å². The van der Waals surface area contributed by atoms with Crippen LogP contribution in [0.25, 0.3) is 22.6 Å². The van der Waals surface area contributed by atoms with Gasteiger partial charge in [0.05, 0.1) is 16.8 Å². The maximum atomic E-state index is 12.2. The van der Waals surface area contributed by atoms with Gasteiger partial charge < -0.3 is 14.2 Å². The number of aromatic nitrogens is 2. The molecule has 6 nitrogen and oxygen atoms in total. The molecule has 1 aromatic carbocycles. The van der Waals surface area contributed by atoms with Gasteiger partial charge in [-0.3, -0.25) is 9.78 Å². The Hall–Kier alpha value is -2.64. The molecule has 25 heavy (non-hydrogen) atoms. The lowest BCUT2D eigenvalue weighted by molar-refractivity contribution is 0.0995. The zero-order chi connectivity index (χ0) is 17.4. The summed E-state index contributed by atoms with van der Waals surface area (Å²) in [6.45, 7) is 0. The number of carbonyl (C=O) groups is 1. The highest BCUT2D eigenvalue weighted by atomic mass is 79.9. The number of carbonyl (C=O) groups excluding carboxylic acids is 1.